The Hall–Kier alpha value is -0.710. The first kappa shape index (κ1) is 15.7. The fraction of sp³-hybridized carbons (Fsp3) is 0.200. The molecular formula is C15H13Br2ClO2. The number of hydrogen-bond donors (Lipinski definition) is 0. The van der Waals surface area contributed by atoms with Gasteiger partial charge in [0.05, 0.1) is 24.1 Å². The second-order valence-electron chi connectivity index (χ2n) is 4.14. The van der Waals surface area contributed by atoms with Crippen LogP contribution in [0.2, 0.25) is 5.02 Å². The highest BCUT2D eigenvalue weighted by Gasteiger charge is 2.17. The summed E-state index contributed by atoms with van der Waals surface area (Å²) in [5, 5.41) is 0.675. The predicted molar refractivity (Wildman–Crippen MR) is 89.5 cm³/mol. The number of halogens is 3. The Kier molecular flexibility index (Phi) is 5.35. The summed E-state index contributed by atoms with van der Waals surface area (Å²) in [6.07, 6.45) is 0. The SMILES string of the molecule is COc1ccc(OC)c(C(Br)c2ccc(Br)c(Cl)c2)c1. The lowest BCUT2D eigenvalue weighted by Crippen LogP contribution is -1.98. The number of rotatable bonds is 4. The van der Waals surface area contributed by atoms with E-state index in [4.69, 9.17) is 21.1 Å². The average molecular weight is 421 g/mol. The molecule has 2 nitrogen and oxygen atoms in total. The first-order chi connectivity index (χ1) is 9.56. The van der Waals surface area contributed by atoms with Crippen LogP contribution in [0.1, 0.15) is 16.0 Å². The molecule has 0 aromatic heterocycles. The van der Waals surface area contributed by atoms with Gasteiger partial charge in [-0.1, -0.05) is 33.6 Å². The Balaban J connectivity index is 2.45. The zero-order valence-electron chi connectivity index (χ0n) is 11.0. The Labute approximate surface area is 140 Å². The van der Waals surface area contributed by atoms with E-state index >= 15 is 0 Å². The van der Waals surface area contributed by atoms with E-state index in [-0.39, 0.29) is 4.83 Å². The molecule has 2 aromatic carbocycles. The fourth-order valence-corrected chi connectivity index (χ4v) is 2.97. The first-order valence-electron chi connectivity index (χ1n) is 5.87. The minimum absolute atomic E-state index is 0.0295. The summed E-state index contributed by atoms with van der Waals surface area (Å²) in [6.45, 7) is 0. The van der Waals surface area contributed by atoms with Crippen LogP contribution in [-0.4, -0.2) is 14.2 Å². The van der Waals surface area contributed by atoms with Crippen LogP contribution >= 0.6 is 43.5 Å². The molecule has 5 heteroatoms. The van der Waals surface area contributed by atoms with Crippen molar-refractivity contribution in [1.82, 2.24) is 0 Å². The molecule has 0 aliphatic heterocycles. The number of hydrogen-bond acceptors (Lipinski definition) is 2. The van der Waals surface area contributed by atoms with Crippen molar-refractivity contribution in [3.05, 3.63) is 57.0 Å². The third-order valence-electron chi connectivity index (χ3n) is 2.95. The molecule has 0 fully saturated rings. The minimum atomic E-state index is -0.0295. The Morgan fingerprint density at radius 1 is 1.05 bits per heavy atom. The van der Waals surface area contributed by atoms with Crippen LogP contribution in [0.4, 0.5) is 0 Å². The average Bonchev–Trinajstić information content (AvgIpc) is 2.48. The molecule has 0 aliphatic carbocycles. The smallest absolute Gasteiger partial charge is 0.123 e. The molecule has 0 N–H and O–H groups in total. The van der Waals surface area contributed by atoms with Crippen molar-refractivity contribution in [2.75, 3.05) is 14.2 Å². The molecule has 0 amide bonds. The Bertz CT molecular complexity index is 617. The van der Waals surface area contributed by atoms with Crippen LogP contribution in [-0.2, 0) is 0 Å². The van der Waals surface area contributed by atoms with Gasteiger partial charge in [-0.25, -0.2) is 0 Å². The summed E-state index contributed by atoms with van der Waals surface area (Å²) in [6, 6.07) is 11.6. The van der Waals surface area contributed by atoms with E-state index in [0.29, 0.717) is 5.02 Å². The van der Waals surface area contributed by atoms with Gasteiger partial charge < -0.3 is 9.47 Å². The Morgan fingerprint density at radius 3 is 2.40 bits per heavy atom. The molecule has 0 radical (unpaired) electrons. The van der Waals surface area contributed by atoms with Gasteiger partial charge in [0, 0.05) is 10.0 Å². The van der Waals surface area contributed by atoms with Crippen molar-refractivity contribution in [3.63, 3.8) is 0 Å². The topological polar surface area (TPSA) is 18.5 Å². The number of methoxy groups -OCH3 is 2. The maximum Gasteiger partial charge on any atom is 0.123 e. The standard InChI is InChI=1S/C15H13Br2ClO2/c1-19-10-4-6-14(20-2)11(8-10)15(17)9-3-5-12(16)13(18)7-9/h3-8,15H,1-2H3. The molecule has 0 spiro atoms. The van der Waals surface area contributed by atoms with Crippen molar-refractivity contribution >= 4 is 43.5 Å². The molecule has 0 saturated carbocycles. The second kappa shape index (κ2) is 6.83. The summed E-state index contributed by atoms with van der Waals surface area (Å²) >= 11 is 13.2. The zero-order chi connectivity index (χ0) is 14.7. The van der Waals surface area contributed by atoms with E-state index in [9.17, 15) is 0 Å². The first-order valence-corrected chi connectivity index (χ1v) is 7.96. The quantitative estimate of drug-likeness (QED) is 0.599. The largest absolute Gasteiger partial charge is 0.497 e. The molecule has 0 heterocycles. The maximum absolute atomic E-state index is 6.15. The number of benzene rings is 2. The highest BCUT2D eigenvalue weighted by Crippen LogP contribution is 2.40. The van der Waals surface area contributed by atoms with Crippen molar-refractivity contribution in [2.45, 2.75) is 4.83 Å². The molecule has 0 bridgehead atoms. The third kappa shape index (κ3) is 3.30. The van der Waals surface area contributed by atoms with Gasteiger partial charge in [0.25, 0.3) is 0 Å². The molecular weight excluding hydrogens is 407 g/mol. The van der Waals surface area contributed by atoms with Crippen LogP contribution in [0, 0.1) is 0 Å². The normalized spacial score (nSPS) is 12.1. The molecule has 0 aliphatic rings. The number of ether oxygens (including phenoxy) is 2. The van der Waals surface area contributed by atoms with Gasteiger partial charge >= 0.3 is 0 Å². The molecule has 0 saturated heterocycles. The van der Waals surface area contributed by atoms with E-state index in [1.807, 2.05) is 36.4 Å². The summed E-state index contributed by atoms with van der Waals surface area (Å²) < 4.78 is 11.6. The van der Waals surface area contributed by atoms with Crippen LogP contribution < -0.4 is 9.47 Å². The van der Waals surface area contributed by atoms with Gasteiger partial charge in [0.1, 0.15) is 11.5 Å². The maximum atomic E-state index is 6.15. The zero-order valence-corrected chi connectivity index (χ0v) is 14.9. The van der Waals surface area contributed by atoms with Crippen molar-refractivity contribution in [2.24, 2.45) is 0 Å². The van der Waals surface area contributed by atoms with Gasteiger partial charge in [-0.2, -0.15) is 0 Å². The van der Waals surface area contributed by atoms with Crippen molar-refractivity contribution in [1.29, 1.82) is 0 Å². The van der Waals surface area contributed by atoms with E-state index in [1.165, 1.54) is 0 Å². The summed E-state index contributed by atoms with van der Waals surface area (Å²) in [4.78, 5) is -0.0295. The summed E-state index contributed by atoms with van der Waals surface area (Å²) in [7, 11) is 3.30. The monoisotopic (exact) mass is 418 g/mol. The van der Waals surface area contributed by atoms with Crippen LogP contribution in [0.3, 0.4) is 0 Å². The Morgan fingerprint density at radius 2 is 1.80 bits per heavy atom. The van der Waals surface area contributed by atoms with Crippen molar-refractivity contribution < 1.29 is 9.47 Å². The van der Waals surface area contributed by atoms with E-state index in [1.54, 1.807) is 14.2 Å². The molecule has 1 unspecified atom stereocenters. The van der Waals surface area contributed by atoms with Crippen molar-refractivity contribution in [3.8, 4) is 11.5 Å². The van der Waals surface area contributed by atoms with E-state index < -0.39 is 0 Å². The minimum Gasteiger partial charge on any atom is -0.497 e. The lowest BCUT2D eigenvalue weighted by molar-refractivity contribution is 0.399. The summed E-state index contributed by atoms with van der Waals surface area (Å²) in [5.74, 6) is 1.58. The second-order valence-corrected chi connectivity index (χ2v) is 6.32. The van der Waals surface area contributed by atoms with Crippen LogP contribution in [0.25, 0.3) is 0 Å². The lowest BCUT2D eigenvalue weighted by atomic mass is 10.0. The van der Waals surface area contributed by atoms with Gasteiger partial charge in [-0.05, 0) is 51.8 Å². The molecule has 20 heavy (non-hydrogen) atoms. The van der Waals surface area contributed by atoms with Gasteiger partial charge in [0.2, 0.25) is 0 Å². The van der Waals surface area contributed by atoms with Crippen LogP contribution in [0.5, 0.6) is 11.5 Å². The fourth-order valence-electron chi connectivity index (χ4n) is 1.89. The predicted octanol–water partition coefficient (Wildman–Crippen LogP) is 5.60. The van der Waals surface area contributed by atoms with Gasteiger partial charge in [-0.15, -0.1) is 0 Å². The van der Waals surface area contributed by atoms with Gasteiger partial charge in [0.15, 0.2) is 0 Å². The molecule has 106 valence electrons. The molecule has 2 aromatic rings. The number of alkyl halides is 1. The lowest BCUT2D eigenvalue weighted by Gasteiger charge is -2.16. The van der Waals surface area contributed by atoms with E-state index in [2.05, 4.69) is 31.9 Å². The highest BCUT2D eigenvalue weighted by molar-refractivity contribution is 9.10. The van der Waals surface area contributed by atoms with E-state index in [0.717, 1.165) is 27.1 Å². The van der Waals surface area contributed by atoms with Crippen LogP contribution in [0.15, 0.2) is 40.9 Å². The highest BCUT2D eigenvalue weighted by atomic mass is 79.9. The molecule has 2 rings (SSSR count). The summed E-state index contributed by atoms with van der Waals surface area (Å²) in [5.41, 5.74) is 2.04. The third-order valence-corrected chi connectivity index (χ3v) is 5.20. The molecule has 1 atom stereocenters. The van der Waals surface area contributed by atoms with Gasteiger partial charge in [-0.3, -0.25) is 0 Å².